The number of nitrogens with one attached hydrogen (secondary N) is 1. The number of carbonyl (C=O) groups is 1. The molecular formula is C25H30N2O3S. The molecule has 5 nitrogen and oxygen atoms in total. The Hall–Kier alpha value is -2.83. The predicted molar refractivity (Wildman–Crippen MR) is 129 cm³/mol. The van der Waals surface area contributed by atoms with Crippen LogP contribution in [0.1, 0.15) is 44.7 Å². The molecule has 0 aliphatic carbocycles. The second-order valence-electron chi connectivity index (χ2n) is 6.57. The van der Waals surface area contributed by atoms with Crippen molar-refractivity contribution in [2.45, 2.75) is 38.5 Å². The van der Waals surface area contributed by atoms with Gasteiger partial charge in [0.15, 0.2) is 0 Å². The first-order valence-electron chi connectivity index (χ1n) is 10.3. The molecule has 0 fully saturated rings. The minimum atomic E-state index is -0.160. The van der Waals surface area contributed by atoms with Crippen molar-refractivity contribution in [2.24, 2.45) is 4.99 Å². The lowest BCUT2D eigenvalue weighted by molar-refractivity contribution is -0.132. The van der Waals surface area contributed by atoms with Crippen molar-refractivity contribution in [1.29, 1.82) is 0 Å². The van der Waals surface area contributed by atoms with E-state index in [1.54, 1.807) is 25.8 Å². The van der Waals surface area contributed by atoms with Crippen LogP contribution >= 0.6 is 11.8 Å². The summed E-state index contributed by atoms with van der Waals surface area (Å²) in [6, 6.07) is 16.5. The van der Waals surface area contributed by atoms with Gasteiger partial charge < -0.3 is 4.74 Å². The van der Waals surface area contributed by atoms with Crippen LogP contribution in [0.15, 0.2) is 81.7 Å². The molecule has 164 valence electrons. The number of hydroxylamine groups is 1. The fourth-order valence-electron chi connectivity index (χ4n) is 2.95. The first kappa shape index (κ1) is 24.4. The molecule has 0 saturated carbocycles. The standard InChI is InChI=1S/C19H19NOS.C6H11NO2/c1-4-16-13(2)22-18-12-8-6-10-15(18)19(20-16)14-9-5-7-11-17(14)21-3;1-3-5-6(8)7-9-4-2/h5-12H,4H2,1-3H3;3H,1,4-5H2,2H3,(H,7,8). The van der Waals surface area contributed by atoms with Crippen molar-refractivity contribution in [3.63, 3.8) is 0 Å². The number of hydrogen-bond donors (Lipinski definition) is 1. The number of ether oxygens (including phenoxy) is 1. The van der Waals surface area contributed by atoms with E-state index >= 15 is 0 Å². The number of benzene rings is 2. The fraction of sp³-hybridized carbons (Fsp3) is 0.280. The van der Waals surface area contributed by atoms with Crippen molar-refractivity contribution in [2.75, 3.05) is 13.7 Å². The highest BCUT2D eigenvalue weighted by Crippen LogP contribution is 2.38. The van der Waals surface area contributed by atoms with E-state index in [4.69, 9.17) is 9.73 Å². The average Bonchev–Trinajstić information content (AvgIpc) is 2.94. The molecule has 0 saturated heterocycles. The van der Waals surface area contributed by atoms with Gasteiger partial charge in [-0.15, -0.1) is 6.58 Å². The quantitative estimate of drug-likeness (QED) is 0.431. The van der Waals surface area contributed by atoms with Crippen molar-refractivity contribution in [1.82, 2.24) is 5.48 Å². The van der Waals surface area contributed by atoms with Gasteiger partial charge in [-0.25, -0.2) is 5.48 Å². The van der Waals surface area contributed by atoms with Gasteiger partial charge in [-0.3, -0.25) is 14.6 Å². The predicted octanol–water partition coefficient (Wildman–Crippen LogP) is 5.91. The minimum Gasteiger partial charge on any atom is -0.496 e. The molecule has 0 aromatic heterocycles. The zero-order valence-electron chi connectivity index (χ0n) is 18.6. The van der Waals surface area contributed by atoms with Crippen LogP contribution in [-0.2, 0) is 9.63 Å². The number of rotatable bonds is 7. The maximum absolute atomic E-state index is 10.5. The third-order valence-electron chi connectivity index (χ3n) is 4.42. The third kappa shape index (κ3) is 6.84. The Bertz CT molecular complexity index is 967. The summed E-state index contributed by atoms with van der Waals surface area (Å²) in [5.41, 5.74) is 6.57. The summed E-state index contributed by atoms with van der Waals surface area (Å²) in [6.45, 7) is 9.98. The molecule has 31 heavy (non-hydrogen) atoms. The van der Waals surface area contributed by atoms with Gasteiger partial charge in [0, 0.05) is 27.3 Å². The maximum Gasteiger partial charge on any atom is 0.247 e. The van der Waals surface area contributed by atoms with Gasteiger partial charge in [-0.1, -0.05) is 55.1 Å². The van der Waals surface area contributed by atoms with E-state index < -0.39 is 0 Å². The fourth-order valence-corrected chi connectivity index (χ4v) is 4.01. The van der Waals surface area contributed by atoms with Gasteiger partial charge >= 0.3 is 0 Å². The van der Waals surface area contributed by atoms with Crippen LogP contribution < -0.4 is 10.2 Å². The average molecular weight is 439 g/mol. The summed E-state index contributed by atoms with van der Waals surface area (Å²) >= 11 is 1.80. The van der Waals surface area contributed by atoms with E-state index in [2.05, 4.69) is 61.1 Å². The Kier molecular flexibility index (Phi) is 10.1. The zero-order valence-corrected chi connectivity index (χ0v) is 19.4. The molecule has 1 amide bonds. The van der Waals surface area contributed by atoms with Crippen LogP contribution in [0.3, 0.4) is 0 Å². The van der Waals surface area contributed by atoms with E-state index in [1.165, 1.54) is 21.4 Å². The highest BCUT2D eigenvalue weighted by Gasteiger charge is 2.20. The van der Waals surface area contributed by atoms with E-state index in [1.807, 2.05) is 18.2 Å². The van der Waals surface area contributed by atoms with E-state index in [-0.39, 0.29) is 5.91 Å². The lowest BCUT2D eigenvalue weighted by atomic mass is 10.0. The Morgan fingerprint density at radius 1 is 1.13 bits per heavy atom. The topological polar surface area (TPSA) is 59.9 Å². The number of para-hydroxylation sites is 1. The van der Waals surface area contributed by atoms with Gasteiger partial charge in [-0.2, -0.15) is 0 Å². The molecule has 1 aliphatic heterocycles. The van der Waals surface area contributed by atoms with Crippen molar-refractivity contribution >= 4 is 23.4 Å². The van der Waals surface area contributed by atoms with Gasteiger partial charge in [0.2, 0.25) is 5.91 Å². The van der Waals surface area contributed by atoms with Crippen molar-refractivity contribution < 1.29 is 14.4 Å². The van der Waals surface area contributed by atoms with Gasteiger partial charge in [0.25, 0.3) is 0 Å². The molecule has 0 spiro atoms. The molecule has 6 heteroatoms. The second kappa shape index (κ2) is 12.8. The summed E-state index contributed by atoms with van der Waals surface area (Å²) in [6.07, 6.45) is 2.75. The first-order chi connectivity index (χ1) is 15.0. The molecule has 1 aliphatic rings. The van der Waals surface area contributed by atoms with Crippen LogP contribution in [-0.4, -0.2) is 25.3 Å². The monoisotopic (exact) mass is 438 g/mol. The molecule has 2 aromatic rings. The minimum absolute atomic E-state index is 0.160. The summed E-state index contributed by atoms with van der Waals surface area (Å²) in [4.78, 5) is 22.6. The number of nitrogens with zero attached hydrogens (tertiary/aromatic N) is 1. The Balaban J connectivity index is 0.000000323. The van der Waals surface area contributed by atoms with Crippen LogP contribution in [0.25, 0.3) is 0 Å². The Morgan fingerprint density at radius 3 is 2.45 bits per heavy atom. The number of aliphatic imine (C=N–C) groups is 1. The first-order valence-corrected chi connectivity index (χ1v) is 11.1. The lowest BCUT2D eigenvalue weighted by Gasteiger charge is -2.12. The molecule has 0 radical (unpaired) electrons. The molecule has 2 aromatic carbocycles. The van der Waals surface area contributed by atoms with Crippen LogP contribution in [0.2, 0.25) is 0 Å². The highest BCUT2D eigenvalue weighted by atomic mass is 32.2. The van der Waals surface area contributed by atoms with Crippen molar-refractivity contribution in [3.05, 3.63) is 82.9 Å². The van der Waals surface area contributed by atoms with Gasteiger partial charge in [-0.05, 0) is 38.5 Å². The van der Waals surface area contributed by atoms with Gasteiger partial charge in [0.05, 0.1) is 25.1 Å². The van der Waals surface area contributed by atoms with Gasteiger partial charge in [0.1, 0.15) is 5.75 Å². The second-order valence-corrected chi connectivity index (χ2v) is 7.82. The van der Waals surface area contributed by atoms with Crippen LogP contribution in [0, 0.1) is 0 Å². The molecule has 0 atom stereocenters. The summed E-state index contributed by atoms with van der Waals surface area (Å²) < 4.78 is 5.55. The number of amides is 1. The van der Waals surface area contributed by atoms with E-state index in [0.29, 0.717) is 13.0 Å². The number of thioether (sulfide) groups is 1. The maximum atomic E-state index is 10.5. The highest BCUT2D eigenvalue weighted by molar-refractivity contribution is 8.03. The molecule has 3 rings (SSSR count). The Morgan fingerprint density at radius 2 is 1.81 bits per heavy atom. The smallest absolute Gasteiger partial charge is 0.247 e. The third-order valence-corrected chi connectivity index (χ3v) is 5.53. The molecule has 0 bridgehead atoms. The normalized spacial score (nSPS) is 12.6. The summed E-state index contributed by atoms with van der Waals surface area (Å²) in [7, 11) is 1.71. The van der Waals surface area contributed by atoms with E-state index in [0.717, 1.165) is 29.1 Å². The zero-order chi connectivity index (χ0) is 22.6. The van der Waals surface area contributed by atoms with Crippen LogP contribution in [0.5, 0.6) is 5.75 Å². The summed E-state index contributed by atoms with van der Waals surface area (Å²) in [5, 5.41) is 0. The number of carbonyl (C=O) groups excluding carboxylic acids is 1. The molecule has 1 N–H and O–H groups in total. The largest absolute Gasteiger partial charge is 0.496 e. The van der Waals surface area contributed by atoms with Crippen molar-refractivity contribution in [3.8, 4) is 5.75 Å². The molecule has 1 heterocycles. The Labute approximate surface area is 189 Å². The number of hydrogen-bond acceptors (Lipinski definition) is 5. The number of fused-ring (bicyclic) bond motifs is 1. The SMILES string of the molecule is C=CCC(=O)NOCC.CCC1=C(C)Sc2ccccc2C(c2ccccc2OC)=N1. The van der Waals surface area contributed by atoms with E-state index in [9.17, 15) is 4.79 Å². The molecular weight excluding hydrogens is 408 g/mol. The lowest BCUT2D eigenvalue weighted by Crippen LogP contribution is -2.22. The number of allylic oxidation sites excluding steroid dienone is 2. The summed E-state index contributed by atoms with van der Waals surface area (Å²) in [5.74, 6) is 0.697. The molecule has 0 unspecified atom stereocenters. The number of methoxy groups -OCH3 is 1. The van der Waals surface area contributed by atoms with Crippen LogP contribution in [0.4, 0.5) is 0 Å².